The molecule has 6 nitrogen and oxygen atoms in total. The largest absolute Gasteiger partial charge is 0.344 e. The van der Waals surface area contributed by atoms with Gasteiger partial charge in [-0.15, -0.1) is 0 Å². The van der Waals surface area contributed by atoms with Crippen molar-refractivity contribution in [1.29, 1.82) is 0 Å². The van der Waals surface area contributed by atoms with E-state index in [0.717, 1.165) is 5.56 Å². The standard InChI is InChI=1S/C24H37N3O3/c1-16(2)21(25-20(28)14-24(5,6)7)23(30)26-12-13-27(18(4)15-26)22(29)19-10-8-17(3)9-11-19/h8-11,16,18,21H,12-15H2,1-7H3,(H,25,28). The zero-order valence-corrected chi connectivity index (χ0v) is 19.5. The lowest BCUT2D eigenvalue weighted by molar-refractivity contribution is -0.140. The summed E-state index contributed by atoms with van der Waals surface area (Å²) in [7, 11) is 0. The Morgan fingerprint density at radius 1 is 1.10 bits per heavy atom. The molecule has 1 N–H and O–H groups in total. The van der Waals surface area contributed by atoms with E-state index in [9.17, 15) is 14.4 Å². The fourth-order valence-corrected chi connectivity index (χ4v) is 3.74. The molecule has 2 atom stereocenters. The Balaban J connectivity index is 2.03. The quantitative estimate of drug-likeness (QED) is 0.803. The molecule has 1 heterocycles. The summed E-state index contributed by atoms with van der Waals surface area (Å²) in [5, 5.41) is 2.94. The lowest BCUT2D eigenvalue weighted by Crippen LogP contribution is -2.60. The van der Waals surface area contributed by atoms with Gasteiger partial charge in [0, 0.05) is 37.7 Å². The van der Waals surface area contributed by atoms with Crippen LogP contribution in [0, 0.1) is 18.3 Å². The van der Waals surface area contributed by atoms with Crippen LogP contribution in [0.4, 0.5) is 0 Å². The maximum atomic E-state index is 13.2. The molecule has 0 spiro atoms. The molecule has 0 radical (unpaired) electrons. The lowest BCUT2D eigenvalue weighted by Gasteiger charge is -2.41. The molecular weight excluding hydrogens is 378 g/mol. The Hall–Kier alpha value is -2.37. The molecule has 1 saturated heterocycles. The minimum atomic E-state index is -0.550. The maximum absolute atomic E-state index is 13.2. The van der Waals surface area contributed by atoms with Crippen LogP contribution in [-0.4, -0.2) is 59.2 Å². The lowest BCUT2D eigenvalue weighted by atomic mass is 9.91. The molecule has 1 aliphatic rings. The molecule has 0 aliphatic carbocycles. The van der Waals surface area contributed by atoms with Gasteiger partial charge < -0.3 is 15.1 Å². The van der Waals surface area contributed by atoms with E-state index in [0.29, 0.717) is 31.6 Å². The van der Waals surface area contributed by atoms with Crippen molar-refractivity contribution >= 4 is 17.7 Å². The number of carbonyl (C=O) groups is 3. The number of nitrogens with zero attached hydrogens (tertiary/aromatic N) is 2. The van der Waals surface area contributed by atoms with Gasteiger partial charge in [0.05, 0.1) is 0 Å². The minimum absolute atomic E-state index is 0.00603. The first-order valence-electron chi connectivity index (χ1n) is 10.8. The Labute approximate surface area is 181 Å². The zero-order valence-electron chi connectivity index (χ0n) is 19.5. The third-order valence-corrected chi connectivity index (χ3v) is 5.44. The molecule has 1 fully saturated rings. The highest BCUT2D eigenvalue weighted by molar-refractivity contribution is 5.95. The van der Waals surface area contributed by atoms with Crippen molar-refractivity contribution in [3.63, 3.8) is 0 Å². The second kappa shape index (κ2) is 9.63. The zero-order chi connectivity index (χ0) is 22.6. The summed E-state index contributed by atoms with van der Waals surface area (Å²) >= 11 is 0. The van der Waals surface area contributed by atoms with Gasteiger partial charge in [0.2, 0.25) is 11.8 Å². The smallest absolute Gasteiger partial charge is 0.254 e. The molecule has 6 heteroatoms. The second-order valence-corrected chi connectivity index (χ2v) is 10.0. The van der Waals surface area contributed by atoms with Crippen LogP contribution >= 0.6 is 0 Å². The topological polar surface area (TPSA) is 69.7 Å². The molecular formula is C24H37N3O3. The van der Waals surface area contributed by atoms with Crippen LogP contribution in [0.1, 0.15) is 63.9 Å². The van der Waals surface area contributed by atoms with Crippen LogP contribution in [0.25, 0.3) is 0 Å². The van der Waals surface area contributed by atoms with Crippen molar-refractivity contribution in [3.8, 4) is 0 Å². The number of hydrogen-bond acceptors (Lipinski definition) is 3. The van der Waals surface area contributed by atoms with Gasteiger partial charge in [0.1, 0.15) is 6.04 Å². The molecule has 30 heavy (non-hydrogen) atoms. The van der Waals surface area contributed by atoms with E-state index in [1.807, 2.05) is 77.6 Å². The number of carbonyl (C=O) groups excluding carboxylic acids is 3. The highest BCUT2D eigenvalue weighted by Crippen LogP contribution is 2.20. The van der Waals surface area contributed by atoms with Gasteiger partial charge in [-0.3, -0.25) is 14.4 Å². The highest BCUT2D eigenvalue weighted by atomic mass is 16.2. The predicted molar refractivity (Wildman–Crippen MR) is 119 cm³/mol. The number of piperazine rings is 1. The Kier molecular flexibility index (Phi) is 7.67. The van der Waals surface area contributed by atoms with Crippen LogP contribution in [0.3, 0.4) is 0 Å². The van der Waals surface area contributed by atoms with Crippen molar-refractivity contribution in [2.45, 2.75) is 67.0 Å². The summed E-state index contributed by atoms with van der Waals surface area (Å²) in [4.78, 5) is 42.1. The normalized spacial score (nSPS) is 18.3. The molecule has 1 aromatic carbocycles. The van der Waals surface area contributed by atoms with E-state index in [2.05, 4.69) is 5.32 Å². The van der Waals surface area contributed by atoms with Gasteiger partial charge in [0.25, 0.3) is 5.91 Å². The first-order valence-corrected chi connectivity index (χ1v) is 10.8. The van der Waals surface area contributed by atoms with E-state index in [1.165, 1.54) is 0 Å². The summed E-state index contributed by atoms with van der Waals surface area (Å²) in [6.07, 6.45) is 0.374. The molecule has 2 unspecified atom stereocenters. The van der Waals surface area contributed by atoms with Crippen LogP contribution in [0.15, 0.2) is 24.3 Å². The van der Waals surface area contributed by atoms with Crippen molar-refractivity contribution in [3.05, 3.63) is 35.4 Å². The predicted octanol–water partition coefficient (Wildman–Crippen LogP) is 3.24. The summed E-state index contributed by atoms with van der Waals surface area (Å²) in [5.74, 6) is -0.185. The molecule has 0 aromatic heterocycles. The van der Waals surface area contributed by atoms with E-state index in [-0.39, 0.29) is 35.1 Å². The van der Waals surface area contributed by atoms with Gasteiger partial charge >= 0.3 is 0 Å². The fraction of sp³-hybridized carbons (Fsp3) is 0.625. The molecule has 1 aromatic rings. The third kappa shape index (κ3) is 6.31. The molecule has 3 amide bonds. The fourth-order valence-electron chi connectivity index (χ4n) is 3.74. The Morgan fingerprint density at radius 2 is 1.70 bits per heavy atom. The summed E-state index contributed by atoms with van der Waals surface area (Å²) in [5.41, 5.74) is 1.65. The summed E-state index contributed by atoms with van der Waals surface area (Å²) < 4.78 is 0. The van der Waals surface area contributed by atoms with E-state index >= 15 is 0 Å². The Morgan fingerprint density at radius 3 is 2.20 bits per heavy atom. The number of nitrogens with one attached hydrogen (secondary N) is 1. The highest BCUT2D eigenvalue weighted by Gasteiger charge is 2.35. The first kappa shape index (κ1) is 23.9. The van der Waals surface area contributed by atoms with Crippen LogP contribution in [0.5, 0.6) is 0 Å². The molecule has 0 saturated carbocycles. The molecule has 1 aliphatic heterocycles. The molecule has 0 bridgehead atoms. The average molecular weight is 416 g/mol. The van der Waals surface area contributed by atoms with Crippen LogP contribution < -0.4 is 5.32 Å². The average Bonchev–Trinajstić information content (AvgIpc) is 2.64. The van der Waals surface area contributed by atoms with Gasteiger partial charge in [0.15, 0.2) is 0 Å². The first-order chi connectivity index (χ1) is 13.9. The number of rotatable bonds is 5. The van der Waals surface area contributed by atoms with Gasteiger partial charge in [-0.2, -0.15) is 0 Å². The van der Waals surface area contributed by atoms with Crippen LogP contribution in [-0.2, 0) is 9.59 Å². The summed E-state index contributed by atoms with van der Waals surface area (Å²) in [6.45, 7) is 15.3. The number of aryl methyl sites for hydroxylation is 1. The number of amides is 3. The van der Waals surface area contributed by atoms with Crippen molar-refractivity contribution in [2.24, 2.45) is 11.3 Å². The monoisotopic (exact) mass is 415 g/mol. The van der Waals surface area contributed by atoms with Gasteiger partial charge in [-0.05, 0) is 37.3 Å². The molecule has 166 valence electrons. The van der Waals surface area contributed by atoms with Crippen molar-refractivity contribution in [1.82, 2.24) is 15.1 Å². The molecule has 2 rings (SSSR count). The van der Waals surface area contributed by atoms with Gasteiger partial charge in [-0.25, -0.2) is 0 Å². The van der Waals surface area contributed by atoms with Crippen LogP contribution in [0.2, 0.25) is 0 Å². The number of benzene rings is 1. The van der Waals surface area contributed by atoms with Gasteiger partial charge in [-0.1, -0.05) is 52.3 Å². The van der Waals surface area contributed by atoms with E-state index in [1.54, 1.807) is 4.90 Å². The minimum Gasteiger partial charge on any atom is -0.344 e. The third-order valence-electron chi connectivity index (χ3n) is 5.44. The second-order valence-electron chi connectivity index (χ2n) is 10.0. The van der Waals surface area contributed by atoms with Crippen molar-refractivity contribution in [2.75, 3.05) is 19.6 Å². The van der Waals surface area contributed by atoms with E-state index in [4.69, 9.17) is 0 Å². The Bertz CT molecular complexity index is 765. The number of hydrogen-bond donors (Lipinski definition) is 1. The van der Waals surface area contributed by atoms with Crippen molar-refractivity contribution < 1.29 is 14.4 Å². The van der Waals surface area contributed by atoms with E-state index < -0.39 is 6.04 Å². The SMILES string of the molecule is Cc1ccc(C(=O)N2CCN(C(=O)C(NC(=O)CC(C)(C)C)C(C)C)CC2C)cc1. The summed E-state index contributed by atoms with van der Waals surface area (Å²) in [6, 6.07) is 6.93. The maximum Gasteiger partial charge on any atom is 0.254 e.